The van der Waals surface area contributed by atoms with E-state index in [1.54, 1.807) is 12.3 Å². The minimum atomic E-state index is -0.971. The molecule has 2 aliphatic heterocycles. The molecule has 102 valence electrons. The van der Waals surface area contributed by atoms with E-state index >= 15 is 0 Å². The Hall–Kier alpha value is -1.62. The van der Waals surface area contributed by atoms with Crippen molar-refractivity contribution in [2.45, 2.75) is 31.3 Å². The molecule has 1 aromatic rings. The first kappa shape index (κ1) is 12.4. The molecule has 1 aromatic heterocycles. The van der Waals surface area contributed by atoms with Gasteiger partial charge in [0.2, 0.25) is 0 Å². The van der Waals surface area contributed by atoms with Crippen LogP contribution in [0.4, 0.5) is 5.69 Å². The lowest BCUT2D eigenvalue weighted by molar-refractivity contribution is 0.0690. The summed E-state index contributed by atoms with van der Waals surface area (Å²) in [5.41, 5.74) is 1.14. The van der Waals surface area contributed by atoms with Crippen LogP contribution in [0.15, 0.2) is 18.3 Å². The van der Waals surface area contributed by atoms with Crippen LogP contribution < -0.4 is 4.90 Å². The fraction of sp³-hybridized carbons (Fsp3) is 0.571. The van der Waals surface area contributed by atoms with Gasteiger partial charge in [0, 0.05) is 25.2 Å². The molecule has 3 rings (SSSR count). The SMILES string of the molecule is CN1C2CCC1CN(c1ccc(C(=O)O)nc1)CC2. The average molecular weight is 261 g/mol. The second kappa shape index (κ2) is 4.81. The first-order chi connectivity index (χ1) is 9.15. The first-order valence-corrected chi connectivity index (χ1v) is 6.81. The highest BCUT2D eigenvalue weighted by atomic mass is 16.4. The van der Waals surface area contributed by atoms with Crippen LogP contribution in [0.2, 0.25) is 0 Å². The van der Waals surface area contributed by atoms with E-state index in [0.29, 0.717) is 12.1 Å². The number of pyridine rings is 1. The zero-order valence-corrected chi connectivity index (χ0v) is 11.1. The zero-order valence-electron chi connectivity index (χ0n) is 11.1. The third kappa shape index (κ3) is 2.30. The number of fused-ring (bicyclic) bond motifs is 2. The number of aromatic nitrogens is 1. The maximum atomic E-state index is 10.8. The van der Waals surface area contributed by atoms with Gasteiger partial charge in [-0.1, -0.05) is 0 Å². The maximum Gasteiger partial charge on any atom is 0.354 e. The predicted octanol–water partition coefficient (Wildman–Crippen LogP) is 1.45. The van der Waals surface area contributed by atoms with Crippen LogP contribution in [-0.2, 0) is 0 Å². The van der Waals surface area contributed by atoms with E-state index in [1.807, 2.05) is 6.07 Å². The van der Waals surface area contributed by atoms with Gasteiger partial charge in [0.15, 0.2) is 0 Å². The average Bonchev–Trinajstić information content (AvgIpc) is 2.63. The van der Waals surface area contributed by atoms with E-state index in [-0.39, 0.29) is 5.69 Å². The molecular weight excluding hydrogens is 242 g/mol. The smallest absolute Gasteiger partial charge is 0.354 e. The van der Waals surface area contributed by atoms with Gasteiger partial charge in [-0.05, 0) is 38.4 Å². The predicted molar refractivity (Wildman–Crippen MR) is 72.6 cm³/mol. The Balaban J connectivity index is 1.77. The molecule has 0 saturated carbocycles. The Morgan fingerprint density at radius 1 is 1.32 bits per heavy atom. The van der Waals surface area contributed by atoms with E-state index in [1.165, 1.54) is 19.3 Å². The van der Waals surface area contributed by atoms with Crippen LogP contribution in [0.1, 0.15) is 29.8 Å². The molecule has 2 bridgehead atoms. The topological polar surface area (TPSA) is 56.7 Å². The fourth-order valence-electron chi connectivity index (χ4n) is 3.24. The molecular formula is C14H19N3O2. The second-order valence-corrected chi connectivity index (χ2v) is 5.49. The Labute approximate surface area is 112 Å². The number of nitrogens with zero attached hydrogens (tertiary/aromatic N) is 3. The molecule has 1 N–H and O–H groups in total. The summed E-state index contributed by atoms with van der Waals surface area (Å²) >= 11 is 0. The highest BCUT2D eigenvalue weighted by Gasteiger charge is 2.34. The summed E-state index contributed by atoms with van der Waals surface area (Å²) in [7, 11) is 2.22. The Morgan fingerprint density at radius 2 is 2.11 bits per heavy atom. The highest BCUT2D eigenvalue weighted by molar-refractivity contribution is 5.85. The number of hydrogen-bond donors (Lipinski definition) is 1. The quantitative estimate of drug-likeness (QED) is 0.873. The number of rotatable bonds is 2. The standard InChI is InChI=1S/C14H19N3O2/c1-16-10-2-3-12(16)9-17(7-6-10)11-4-5-13(14(18)19)15-8-11/h4-5,8,10,12H,2-3,6-7,9H2,1H3,(H,18,19). The van der Waals surface area contributed by atoms with Crippen molar-refractivity contribution < 1.29 is 9.90 Å². The molecule has 0 spiro atoms. The van der Waals surface area contributed by atoms with Crippen molar-refractivity contribution in [1.82, 2.24) is 9.88 Å². The number of hydrogen-bond acceptors (Lipinski definition) is 4. The van der Waals surface area contributed by atoms with E-state index in [0.717, 1.165) is 18.8 Å². The molecule has 5 nitrogen and oxygen atoms in total. The van der Waals surface area contributed by atoms with Gasteiger partial charge in [-0.15, -0.1) is 0 Å². The summed E-state index contributed by atoms with van der Waals surface area (Å²) in [6, 6.07) is 4.79. The zero-order chi connectivity index (χ0) is 13.4. The minimum Gasteiger partial charge on any atom is -0.477 e. The van der Waals surface area contributed by atoms with Crippen molar-refractivity contribution >= 4 is 11.7 Å². The normalized spacial score (nSPS) is 27.3. The Bertz CT molecular complexity index is 474. The fourth-order valence-corrected chi connectivity index (χ4v) is 3.24. The van der Waals surface area contributed by atoms with Crippen molar-refractivity contribution in [3.05, 3.63) is 24.0 Å². The highest BCUT2D eigenvalue weighted by Crippen LogP contribution is 2.30. The van der Waals surface area contributed by atoms with Crippen LogP contribution in [0.25, 0.3) is 0 Å². The molecule has 0 amide bonds. The van der Waals surface area contributed by atoms with E-state index in [9.17, 15) is 4.79 Å². The third-order valence-corrected chi connectivity index (χ3v) is 4.48. The van der Waals surface area contributed by atoms with Crippen molar-refractivity contribution in [2.75, 3.05) is 25.0 Å². The van der Waals surface area contributed by atoms with Crippen molar-refractivity contribution in [2.24, 2.45) is 0 Å². The molecule has 2 saturated heterocycles. The molecule has 2 aliphatic rings. The Morgan fingerprint density at radius 3 is 2.79 bits per heavy atom. The van der Waals surface area contributed by atoms with Crippen LogP contribution >= 0.6 is 0 Å². The minimum absolute atomic E-state index is 0.109. The molecule has 3 heterocycles. The summed E-state index contributed by atoms with van der Waals surface area (Å²) < 4.78 is 0. The molecule has 0 radical (unpaired) electrons. The van der Waals surface area contributed by atoms with Crippen LogP contribution in [0, 0.1) is 0 Å². The number of carbonyl (C=O) groups is 1. The first-order valence-electron chi connectivity index (χ1n) is 6.81. The number of carboxylic acids is 1. The monoisotopic (exact) mass is 261 g/mol. The molecule has 5 heteroatoms. The number of carboxylic acid groups (broad SMARTS) is 1. The van der Waals surface area contributed by atoms with E-state index in [2.05, 4.69) is 21.8 Å². The number of aromatic carboxylic acids is 1. The summed E-state index contributed by atoms with van der Waals surface area (Å²) in [4.78, 5) is 19.6. The van der Waals surface area contributed by atoms with Gasteiger partial charge in [-0.25, -0.2) is 9.78 Å². The number of anilines is 1. The van der Waals surface area contributed by atoms with Crippen molar-refractivity contribution in [1.29, 1.82) is 0 Å². The van der Waals surface area contributed by atoms with Gasteiger partial charge in [0.25, 0.3) is 0 Å². The van der Waals surface area contributed by atoms with Gasteiger partial charge < -0.3 is 10.0 Å². The van der Waals surface area contributed by atoms with Gasteiger partial charge in [-0.3, -0.25) is 4.90 Å². The lowest BCUT2D eigenvalue weighted by atomic mass is 10.1. The summed E-state index contributed by atoms with van der Waals surface area (Å²) in [6.07, 6.45) is 5.43. The van der Waals surface area contributed by atoms with Gasteiger partial charge in [-0.2, -0.15) is 0 Å². The molecule has 0 aliphatic carbocycles. The van der Waals surface area contributed by atoms with Gasteiger partial charge in [0.1, 0.15) is 5.69 Å². The van der Waals surface area contributed by atoms with Gasteiger partial charge in [0.05, 0.1) is 11.9 Å². The molecule has 0 aromatic carbocycles. The summed E-state index contributed by atoms with van der Waals surface area (Å²) in [6.45, 7) is 2.04. The lowest BCUT2D eigenvalue weighted by Crippen LogP contribution is -2.36. The van der Waals surface area contributed by atoms with Crippen LogP contribution in [-0.4, -0.2) is 53.2 Å². The lowest BCUT2D eigenvalue weighted by Gasteiger charge is -2.27. The maximum absolute atomic E-state index is 10.8. The molecule has 2 atom stereocenters. The molecule has 2 unspecified atom stereocenters. The largest absolute Gasteiger partial charge is 0.477 e. The summed E-state index contributed by atoms with van der Waals surface area (Å²) in [5.74, 6) is -0.971. The van der Waals surface area contributed by atoms with E-state index < -0.39 is 5.97 Å². The second-order valence-electron chi connectivity index (χ2n) is 5.49. The van der Waals surface area contributed by atoms with E-state index in [4.69, 9.17) is 5.11 Å². The van der Waals surface area contributed by atoms with Crippen LogP contribution in [0.5, 0.6) is 0 Å². The molecule has 19 heavy (non-hydrogen) atoms. The molecule has 2 fully saturated rings. The van der Waals surface area contributed by atoms with Crippen LogP contribution in [0.3, 0.4) is 0 Å². The number of likely N-dealkylation sites (N-methyl/N-ethyl adjacent to an activating group) is 1. The van der Waals surface area contributed by atoms with Crippen molar-refractivity contribution in [3.8, 4) is 0 Å². The van der Waals surface area contributed by atoms with Crippen molar-refractivity contribution in [3.63, 3.8) is 0 Å². The Kier molecular flexibility index (Phi) is 3.14. The van der Waals surface area contributed by atoms with Gasteiger partial charge >= 0.3 is 5.97 Å². The third-order valence-electron chi connectivity index (χ3n) is 4.48. The summed E-state index contributed by atoms with van der Waals surface area (Å²) in [5, 5.41) is 8.87.